The number of likely N-dealkylation sites (N-methyl/N-ethyl adjacent to an activating group) is 1. The smallest absolute Gasteiger partial charge is 0.279 e. The molecule has 1 amide bonds. The molecule has 24 heavy (non-hydrogen) atoms. The molecule has 0 radical (unpaired) electrons. The fourth-order valence-electron chi connectivity index (χ4n) is 2.49. The van der Waals surface area contributed by atoms with E-state index in [0.717, 1.165) is 22.7 Å². The molecule has 0 heterocycles. The van der Waals surface area contributed by atoms with Gasteiger partial charge in [-0.3, -0.25) is 4.79 Å². The van der Waals surface area contributed by atoms with E-state index in [9.17, 15) is 4.79 Å². The van der Waals surface area contributed by atoms with Crippen LogP contribution >= 0.6 is 0 Å². The van der Waals surface area contributed by atoms with E-state index in [0.29, 0.717) is 24.4 Å². The van der Waals surface area contributed by atoms with Crippen molar-refractivity contribution in [1.82, 2.24) is 0 Å². The minimum Gasteiger partial charge on any atom is -0.497 e. The normalized spacial score (nSPS) is 11.4. The van der Waals surface area contributed by atoms with Crippen LogP contribution in [0, 0.1) is 11.3 Å². The highest BCUT2D eigenvalue weighted by Crippen LogP contribution is 2.16. The highest BCUT2D eigenvalue weighted by atomic mass is 16.5. The topological polar surface area (TPSA) is 66.6 Å². The quantitative estimate of drug-likeness (QED) is 0.813. The van der Waals surface area contributed by atoms with Gasteiger partial charge >= 0.3 is 0 Å². The van der Waals surface area contributed by atoms with Gasteiger partial charge in [0.15, 0.2) is 6.54 Å². The first kappa shape index (κ1) is 17.5. The Balaban J connectivity index is 1.96. The Morgan fingerprint density at radius 2 is 2.04 bits per heavy atom. The van der Waals surface area contributed by atoms with Crippen LogP contribution in [0.4, 0.5) is 5.69 Å². The lowest BCUT2D eigenvalue weighted by molar-refractivity contribution is -0.903. The van der Waals surface area contributed by atoms with Gasteiger partial charge in [0.25, 0.3) is 5.91 Å². The zero-order valence-corrected chi connectivity index (χ0v) is 14.0. The first-order valence-corrected chi connectivity index (χ1v) is 7.91. The van der Waals surface area contributed by atoms with Gasteiger partial charge in [-0.05, 0) is 31.2 Å². The summed E-state index contributed by atoms with van der Waals surface area (Å²) in [5.74, 6) is 0.664. The van der Waals surface area contributed by atoms with Gasteiger partial charge in [-0.25, -0.2) is 0 Å². The molecule has 2 aromatic rings. The van der Waals surface area contributed by atoms with Gasteiger partial charge in [0.1, 0.15) is 12.3 Å². The molecule has 0 spiro atoms. The Morgan fingerprint density at radius 1 is 1.25 bits per heavy atom. The third-order valence-electron chi connectivity index (χ3n) is 3.77. The van der Waals surface area contributed by atoms with Crippen molar-refractivity contribution in [3.8, 4) is 11.8 Å². The molecule has 2 rings (SSSR count). The highest BCUT2D eigenvalue weighted by molar-refractivity contribution is 5.91. The lowest BCUT2D eigenvalue weighted by Crippen LogP contribution is -3.11. The van der Waals surface area contributed by atoms with Crippen LogP contribution in [0.15, 0.2) is 48.5 Å². The van der Waals surface area contributed by atoms with Crippen molar-refractivity contribution in [2.24, 2.45) is 0 Å². The molecule has 0 aliphatic carbocycles. The van der Waals surface area contributed by atoms with Crippen LogP contribution in [0.2, 0.25) is 0 Å². The minimum absolute atomic E-state index is 0.0449. The summed E-state index contributed by atoms with van der Waals surface area (Å²) in [7, 11) is 1.60. The Kier molecular flexibility index (Phi) is 6.35. The van der Waals surface area contributed by atoms with Crippen molar-refractivity contribution in [2.75, 3.05) is 25.5 Å². The van der Waals surface area contributed by atoms with Gasteiger partial charge in [-0.2, -0.15) is 5.26 Å². The second-order valence-corrected chi connectivity index (χ2v) is 5.55. The average molecular weight is 324 g/mol. The largest absolute Gasteiger partial charge is 0.497 e. The molecular formula is C19H22N3O2+. The van der Waals surface area contributed by atoms with E-state index in [-0.39, 0.29) is 5.91 Å². The predicted molar refractivity (Wildman–Crippen MR) is 92.9 cm³/mol. The summed E-state index contributed by atoms with van der Waals surface area (Å²) in [6, 6.07) is 17.0. The third-order valence-corrected chi connectivity index (χ3v) is 3.77. The maximum absolute atomic E-state index is 12.3. The SMILES string of the molecule is CC[NH+](CC(=O)Nc1cccc(OC)c1)Cc1cccc(C#N)c1. The van der Waals surface area contributed by atoms with E-state index in [1.165, 1.54) is 0 Å². The van der Waals surface area contributed by atoms with Gasteiger partial charge < -0.3 is 15.0 Å². The average Bonchev–Trinajstić information content (AvgIpc) is 2.61. The van der Waals surface area contributed by atoms with E-state index in [1.54, 1.807) is 19.2 Å². The molecule has 0 fully saturated rings. The van der Waals surface area contributed by atoms with Crippen molar-refractivity contribution in [3.05, 3.63) is 59.7 Å². The van der Waals surface area contributed by atoms with Gasteiger partial charge in [-0.15, -0.1) is 0 Å². The molecule has 1 atom stereocenters. The summed E-state index contributed by atoms with van der Waals surface area (Å²) in [6.45, 7) is 3.94. The van der Waals surface area contributed by atoms with Gasteiger partial charge in [0, 0.05) is 17.3 Å². The van der Waals surface area contributed by atoms with Crippen molar-refractivity contribution < 1.29 is 14.4 Å². The Labute approximate surface area is 142 Å². The summed E-state index contributed by atoms with van der Waals surface area (Å²) in [5.41, 5.74) is 2.42. The predicted octanol–water partition coefficient (Wildman–Crippen LogP) is 1.61. The molecule has 0 saturated heterocycles. The molecule has 5 nitrogen and oxygen atoms in total. The number of quaternary nitrogens is 1. The van der Waals surface area contributed by atoms with Crippen molar-refractivity contribution in [1.29, 1.82) is 5.26 Å². The number of anilines is 1. The maximum Gasteiger partial charge on any atom is 0.279 e. The zero-order chi connectivity index (χ0) is 17.4. The number of amides is 1. The Bertz CT molecular complexity index is 737. The first-order valence-electron chi connectivity index (χ1n) is 7.91. The Morgan fingerprint density at radius 3 is 2.75 bits per heavy atom. The number of nitrogens with zero attached hydrogens (tertiary/aromatic N) is 1. The summed E-state index contributed by atoms with van der Waals surface area (Å²) in [4.78, 5) is 13.4. The number of methoxy groups -OCH3 is 1. The molecular weight excluding hydrogens is 302 g/mol. The third kappa shape index (κ3) is 5.11. The maximum atomic E-state index is 12.3. The standard InChI is InChI=1S/C19H21N3O2/c1-3-22(13-16-7-4-6-15(10-16)12-20)14-19(23)21-17-8-5-9-18(11-17)24-2/h4-11H,3,13-14H2,1-2H3,(H,21,23)/p+1. The summed E-state index contributed by atoms with van der Waals surface area (Å²) in [5, 5.41) is 11.9. The molecule has 2 N–H and O–H groups in total. The molecule has 0 aromatic heterocycles. The monoisotopic (exact) mass is 324 g/mol. The Hall–Kier alpha value is -2.84. The van der Waals surface area contributed by atoms with Crippen molar-refractivity contribution in [2.45, 2.75) is 13.5 Å². The highest BCUT2D eigenvalue weighted by Gasteiger charge is 2.14. The minimum atomic E-state index is -0.0449. The van der Waals surface area contributed by atoms with E-state index < -0.39 is 0 Å². The number of hydrogen-bond donors (Lipinski definition) is 2. The summed E-state index contributed by atoms with van der Waals surface area (Å²) < 4.78 is 5.16. The number of carbonyl (C=O) groups is 1. The number of hydrogen-bond acceptors (Lipinski definition) is 3. The molecule has 2 aromatic carbocycles. The molecule has 0 bridgehead atoms. The fourth-order valence-corrected chi connectivity index (χ4v) is 2.49. The molecule has 0 aliphatic rings. The van der Waals surface area contributed by atoms with Crippen LogP contribution in [-0.2, 0) is 11.3 Å². The number of benzene rings is 2. The molecule has 1 unspecified atom stereocenters. The van der Waals surface area contributed by atoms with Gasteiger partial charge in [-0.1, -0.05) is 18.2 Å². The second kappa shape index (κ2) is 8.70. The van der Waals surface area contributed by atoms with Crippen LogP contribution in [0.5, 0.6) is 5.75 Å². The van der Waals surface area contributed by atoms with Crippen LogP contribution < -0.4 is 15.0 Å². The van der Waals surface area contributed by atoms with Crippen molar-refractivity contribution in [3.63, 3.8) is 0 Å². The van der Waals surface area contributed by atoms with Crippen LogP contribution in [0.25, 0.3) is 0 Å². The fraction of sp³-hybridized carbons (Fsp3) is 0.263. The van der Waals surface area contributed by atoms with Gasteiger partial charge in [0.05, 0.1) is 25.3 Å². The van der Waals surface area contributed by atoms with Crippen LogP contribution in [0.1, 0.15) is 18.1 Å². The zero-order valence-electron chi connectivity index (χ0n) is 14.0. The van der Waals surface area contributed by atoms with Crippen LogP contribution in [-0.4, -0.2) is 26.1 Å². The summed E-state index contributed by atoms with van der Waals surface area (Å²) >= 11 is 0. The van der Waals surface area contributed by atoms with E-state index in [2.05, 4.69) is 11.4 Å². The van der Waals surface area contributed by atoms with E-state index >= 15 is 0 Å². The first-order chi connectivity index (χ1) is 11.6. The number of rotatable bonds is 7. The number of carbonyl (C=O) groups excluding carboxylic acids is 1. The lowest BCUT2D eigenvalue weighted by Gasteiger charge is -2.17. The van der Waals surface area contributed by atoms with E-state index in [1.807, 2.05) is 43.3 Å². The molecule has 0 aliphatic heterocycles. The molecule has 0 saturated carbocycles. The number of nitriles is 1. The van der Waals surface area contributed by atoms with Crippen LogP contribution in [0.3, 0.4) is 0 Å². The van der Waals surface area contributed by atoms with Crippen molar-refractivity contribution >= 4 is 11.6 Å². The second-order valence-electron chi connectivity index (χ2n) is 5.55. The molecule has 5 heteroatoms. The number of nitrogens with one attached hydrogen (secondary N) is 2. The van der Waals surface area contributed by atoms with E-state index in [4.69, 9.17) is 10.00 Å². The lowest BCUT2D eigenvalue weighted by atomic mass is 10.1. The number of ether oxygens (including phenoxy) is 1. The summed E-state index contributed by atoms with van der Waals surface area (Å²) in [6.07, 6.45) is 0. The molecule has 124 valence electrons. The van der Waals surface area contributed by atoms with Gasteiger partial charge in [0.2, 0.25) is 0 Å².